The van der Waals surface area contributed by atoms with Gasteiger partial charge in [-0.1, -0.05) is 6.92 Å². The van der Waals surface area contributed by atoms with Gasteiger partial charge in [0.05, 0.1) is 0 Å². The highest BCUT2D eigenvalue weighted by atomic mass is 19.4. The second kappa shape index (κ2) is 7.37. The summed E-state index contributed by atoms with van der Waals surface area (Å²) in [5.74, 6) is -6.05. The zero-order valence-corrected chi connectivity index (χ0v) is 14.8. The van der Waals surface area contributed by atoms with Crippen LogP contribution in [0.1, 0.15) is 44.9 Å². The second-order valence-corrected chi connectivity index (χ2v) is 6.86. The van der Waals surface area contributed by atoms with E-state index in [9.17, 15) is 31.4 Å². The van der Waals surface area contributed by atoms with Crippen LogP contribution in [0, 0.1) is 0 Å². The highest BCUT2D eigenvalue weighted by molar-refractivity contribution is 5.66. The molecule has 0 unspecified atom stereocenters. The molecule has 156 valence electrons. The predicted molar refractivity (Wildman–Crippen MR) is 88.4 cm³/mol. The van der Waals surface area contributed by atoms with Gasteiger partial charge < -0.3 is 15.7 Å². The van der Waals surface area contributed by atoms with Crippen LogP contribution in [0.4, 0.5) is 38.2 Å². The SMILES string of the molecule is CC[C@@H](Nc1nc(NC2CC2)nc(C2=C(F)[C@@H](O)C(F)(F)CC2)n1)C(F)(F)F. The maximum Gasteiger partial charge on any atom is 0.408 e. The molecule has 1 aromatic rings. The van der Waals surface area contributed by atoms with Crippen molar-refractivity contribution in [2.75, 3.05) is 10.6 Å². The number of aromatic nitrogens is 3. The maximum atomic E-state index is 14.3. The van der Waals surface area contributed by atoms with Crippen molar-refractivity contribution in [3.05, 3.63) is 11.7 Å². The molecule has 1 aromatic heterocycles. The summed E-state index contributed by atoms with van der Waals surface area (Å²) < 4.78 is 80.4. The molecule has 2 aliphatic rings. The number of rotatable bonds is 6. The minimum Gasteiger partial charge on any atom is -0.380 e. The first-order valence-electron chi connectivity index (χ1n) is 8.82. The van der Waals surface area contributed by atoms with Gasteiger partial charge in [-0.25, -0.2) is 13.2 Å². The number of allylic oxidation sites excluding steroid dienone is 1. The number of hydrogen-bond donors (Lipinski definition) is 3. The molecule has 28 heavy (non-hydrogen) atoms. The molecule has 12 heteroatoms. The monoisotopic (exact) mass is 411 g/mol. The Morgan fingerprint density at radius 1 is 1.18 bits per heavy atom. The first-order chi connectivity index (χ1) is 13.0. The van der Waals surface area contributed by atoms with Gasteiger partial charge in [0.15, 0.2) is 11.9 Å². The minimum absolute atomic E-state index is 0.0350. The van der Waals surface area contributed by atoms with Gasteiger partial charge in [0.25, 0.3) is 5.92 Å². The van der Waals surface area contributed by atoms with Crippen molar-refractivity contribution in [2.45, 2.75) is 69.3 Å². The van der Waals surface area contributed by atoms with Crippen LogP contribution in [0.5, 0.6) is 0 Å². The molecule has 0 amide bonds. The van der Waals surface area contributed by atoms with Gasteiger partial charge in [-0.2, -0.15) is 28.1 Å². The molecule has 2 aliphatic carbocycles. The molecule has 3 rings (SSSR count). The Kier molecular flexibility index (Phi) is 5.43. The largest absolute Gasteiger partial charge is 0.408 e. The number of halogens is 6. The smallest absolute Gasteiger partial charge is 0.380 e. The maximum absolute atomic E-state index is 14.3. The van der Waals surface area contributed by atoms with E-state index in [2.05, 4.69) is 25.6 Å². The Hall–Kier alpha value is -2.11. The summed E-state index contributed by atoms with van der Waals surface area (Å²) in [5, 5.41) is 14.5. The summed E-state index contributed by atoms with van der Waals surface area (Å²) >= 11 is 0. The van der Waals surface area contributed by atoms with Crippen LogP contribution in [0.3, 0.4) is 0 Å². The summed E-state index contributed by atoms with van der Waals surface area (Å²) in [6, 6.07) is -1.91. The van der Waals surface area contributed by atoms with Crippen molar-refractivity contribution >= 4 is 17.5 Å². The topological polar surface area (TPSA) is 83.0 Å². The lowest BCUT2D eigenvalue weighted by atomic mass is 9.92. The Morgan fingerprint density at radius 2 is 1.82 bits per heavy atom. The number of nitrogens with zero attached hydrogens (tertiary/aromatic N) is 3. The van der Waals surface area contributed by atoms with Crippen LogP contribution in [-0.2, 0) is 0 Å². The van der Waals surface area contributed by atoms with Crippen LogP contribution in [0.15, 0.2) is 5.83 Å². The van der Waals surface area contributed by atoms with E-state index in [-0.39, 0.29) is 29.8 Å². The van der Waals surface area contributed by atoms with Gasteiger partial charge >= 0.3 is 6.18 Å². The standard InChI is InChI=1S/C16H19F6N5O/c1-2-9(16(20,21)22)24-14-26-12(25-13(27-14)23-7-3-4-7)8-5-6-15(18,19)11(28)10(8)17/h7,9,11,28H,2-6H2,1H3,(H2,23,24,25,26,27)/t9-,11-/m1/s1. The molecule has 0 aliphatic heterocycles. The highest BCUT2D eigenvalue weighted by Gasteiger charge is 2.46. The van der Waals surface area contributed by atoms with Crippen LogP contribution in [0.25, 0.3) is 5.57 Å². The lowest BCUT2D eigenvalue weighted by Crippen LogP contribution is -2.38. The molecule has 2 atom stereocenters. The molecule has 0 spiro atoms. The highest BCUT2D eigenvalue weighted by Crippen LogP contribution is 2.41. The van der Waals surface area contributed by atoms with E-state index in [0.29, 0.717) is 0 Å². The number of hydrogen-bond acceptors (Lipinski definition) is 6. The van der Waals surface area contributed by atoms with Crippen molar-refractivity contribution in [1.29, 1.82) is 0 Å². The van der Waals surface area contributed by atoms with E-state index in [1.165, 1.54) is 6.92 Å². The van der Waals surface area contributed by atoms with E-state index in [0.717, 1.165) is 12.8 Å². The molecule has 1 heterocycles. The fourth-order valence-electron chi connectivity index (χ4n) is 2.74. The lowest BCUT2D eigenvalue weighted by Gasteiger charge is -2.28. The number of nitrogens with one attached hydrogen (secondary N) is 2. The third kappa shape index (κ3) is 4.47. The van der Waals surface area contributed by atoms with Crippen molar-refractivity contribution in [2.24, 2.45) is 0 Å². The van der Waals surface area contributed by atoms with Crippen molar-refractivity contribution in [1.82, 2.24) is 15.0 Å². The molecular weight excluding hydrogens is 392 g/mol. The normalized spacial score (nSPS) is 23.5. The van der Waals surface area contributed by atoms with Crippen LogP contribution in [0.2, 0.25) is 0 Å². The van der Waals surface area contributed by atoms with Crippen molar-refractivity contribution < 1.29 is 31.4 Å². The van der Waals surface area contributed by atoms with Crippen LogP contribution >= 0.6 is 0 Å². The number of alkyl halides is 5. The first kappa shape index (κ1) is 20.6. The van der Waals surface area contributed by atoms with Crippen molar-refractivity contribution in [3.8, 4) is 0 Å². The Bertz CT molecular complexity index is 764. The fraction of sp³-hybridized carbons (Fsp3) is 0.688. The van der Waals surface area contributed by atoms with Crippen molar-refractivity contribution in [3.63, 3.8) is 0 Å². The average Bonchev–Trinajstić information content (AvgIpc) is 3.40. The first-order valence-corrected chi connectivity index (χ1v) is 8.82. The van der Waals surface area contributed by atoms with E-state index in [1.54, 1.807) is 0 Å². The number of aliphatic hydroxyl groups excluding tert-OH is 1. The van der Waals surface area contributed by atoms with Gasteiger partial charge in [0, 0.05) is 18.0 Å². The lowest BCUT2D eigenvalue weighted by molar-refractivity contribution is -0.143. The zero-order valence-electron chi connectivity index (χ0n) is 14.8. The van der Waals surface area contributed by atoms with Gasteiger partial charge in [-0.05, 0) is 25.7 Å². The van der Waals surface area contributed by atoms with Gasteiger partial charge in [0.1, 0.15) is 11.9 Å². The molecule has 0 aromatic carbocycles. The Balaban J connectivity index is 1.97. The third-order valence-corrected chi connectivity index (χ3v) is 4.56. The minimum atomic E-state index is -4.57. The Labute approximate surface area is 156 Å². The fourth-order valence-corrected chi connectivity index (χ4v) is 2.74. The summed E-state index contributed by atoms with van der Waals surface area (Å²) in [5.41, 5.74) is -0.372. The van der Waals surface area contributed by atoms with E-state index < -0.39 is 48.9 Å². The van der Waals surface area contributed by atoms with Gasteiger partial charge in [-0.15, -0.1) is 0 Å². The molecule has 3 N–H and O–H groups in total. The molecule has 0 bridgehead atoms. The summed E-state index contributed by atoms with van der Waals surface area (Å²) in [6.45, 7) is 1.32. The van der Waals surface area contributed by atoms with E-state index >= 15 is 0 Å². The summed E-state index contributed by atoms with van der Waals surface area (Å²) in [4.78, 5) is 11.6. The van der Waals surface area contributed by atoms with E-state index in [1.807, 2.05) is 0 Å². The molecule has 1 fully saturated rings. The number of anilines is 2. The van der Waals surface area contributed by atoms with Gasteiger partial charge in [-0.3, -0.25) is 0 Å². The number of aliphatic hydroxyl groups is 1. The molecule has 0 saturated heterocycles. The van der Waals surface area contributed by atoms with Crippen LogP contribution in [-0.4, -0.2) is 50.3 Å². The molecule has 1 saturated carbocycles. The molecule has 6 nitrogen and oxygen atoms in total. The third-order valence-electron chi connectivity index (χ3n) is 4.56. The predicted octanol–water partition coefficient (Wildman–Crippen LogP) is 3.67. The zero-order chi connectivity index (χ0) is 20.7. The van der Waals surface area contributed by atoms with Gasteiger partial charge in [0.2, 0.25) is 11.9 Å². The summed E-state index contributed by atoms with van der Waals surface area (Å²) in [7, 11) is 0. The Morgan fingerprint density at radius 3 is 2.39 bits per heavy atom. The second-order valence-electron chi connectivity index (χ2n) is 6.86. The van der Waals surface area contributed by atoms with Crippen LogP contribution < -0.4 is 10.6 Å². The molecule has 0 radical (unpaired) electrons. The van der Waals surface area contributed by atoms with E-state index in [4.69, 9.17) is 0 Å². The summed E-state index contributed by atoms with van der Waals surface area (Å²) in [6.07, 6.45) is -7.22. The molecular formula is C16H19F6N5O. The average molecular weight is 411 g/mol. The quantitative estimate of drug-likeness (QED) is 0.620.